The average Bonchev–Trinajstić information content (AvgIpc) is 2.93. The Morgan fingerprint density at radius 1 is 1.30 bits per heavy atom. The topological polar surface area (TPSA) is 78.9 Å². The van der Waals surface area contributed by atoms with Crippen molar-refractivity contribution in [1.29, 1.82) is 0 Å². The third-order valence-electron chi connectivity index (χ3n) is 6.40. The predicted octanol–water partition coefficient (Wildman–Crippen LogP) is 6.58. The zero-order valence-electron chi connectivity index (χ0n) is 21.2. The van der Waals surface area contributed by atoms with Crippen molar-refractivity contribution in [3.8, 4) is 11.4 Å². The van der Waals surface area contributed by atoms with Crippen LogP contribution in [0.25, 0.3) is 22.3 Å². The van der Waals surface area contributed by atoms with Gasteiger partial charge in [0.15, 0.2) is 11.0 Å². The van der Waals surface area contributed by atoms with Gasteiger partial charge in [-0.2, -0.15) is 0 Å². The van der Waals surface area contributed by atoms with Crippen LogP contribution in [-0.2, 0) is 0 Å². The van der Waals surface area contributed by atoms with Gasteiger partial charge in [-0.1, -0.05) is 49.7 Å². The lowest BCUT2D eigenvalue weighted by Crippen LogP contribution is -2.44. The summed E-state index contributed by atoms with van der Waals surface area (Å²) in [4.78, 5) is 20.9. The standard InChI is InChI=1S/C27H30Cl2FN7/c1-5-16(3)20-15-33-25(29)24-23(20)27(37-11-9-31-10-12-37)36-26(35-24)18-7-8-32-22(13-18)34-17(4)21(30)14-19(28)6-2/h6-8,13-16,31H,2,5,9-12H2,1,3-4H3,(H,32,34)/b19-14+,21-17-. The van der Waals surface area contributed by atoms with E-state index in [1.807, 2.05) is 12.3 Å². The molecule has 3 aromatic heterocycles. The summed E-state index contributed by atoms with van der Waals surface area (Å²) >= 11 is 12.5. The van der Waals surface area contributed by atoms with Crippen molar-refractivity contribution < 1.29 is 4.39 Å². The molecule has 1 unspecified atom stereocenters. The second-order valence-corrected chi connectivity index (χ2v) is 9.70. The van der Waals surface area contributed by atoms with Crippen LogP contribution in [-0.4, -0.2) is 46.1 Å². The molecule has 7 nitrogen and oxygen atoms in total. The maximum Gasteiger partial charge on any atom is 0.162 e. The Morgan fingerprint density at radius 2 is 2.05 bits per heavy atom. The number of hydrogen-bond donors (Lipinski definition) is 2. The number of anilines is 2. The van der Waals surface area contributed by atoms with Crippen molar-refractivity contribution >= 4 is 45.7 Å². The van der Waals surface area contributed by atoms with Crippen LogP contribution in [0.2, 0.25) is 5.15 Å². The van der Waals surface area contributed by atoms with Crippen molar-refractivity contribution in [3.05, 3.63) is 70.5 Å². The lowest BCUT2D eigenvalue weighted by atomic mass is 9.96. The van der Waals surface area contributed by atoms with Gasteiger partial charge in [0.25, 0.3) is 0 Å². The molecule has 10 heteroatoms. The van der Waals surface area contributed by atoms with Crippen molar-refractivity contribution in [1.82, 2.24) is 25.3 Å². The predicted molar refractivity (Wildman–Crippen MR) is 151 cm³/mol. The van der Waals surface area contributed by atoms with Gasteiger partial charge in [-0.05, 0) is 43.0 Å². The number of fused-ring (bicyclic) bond motifs is 1. The van der Waals surface area contributed by atoms with E-state index in [2.05, 4.69) is 45.9 Å². The first-order chi connectivity index (χ1) is 17.8. The Balaban J connectivity index is 1.83. The SMILES string of the molecule is C=C/C(Cl)=C\C(F)=C(/C)Nc1cc(-c2nc(N3CCNCC3)c3c(C(C)CC)cnc(Cl)c3n2)ccn1. The summed E-state index contributed by atoms with van der Waals surface area (Å²) in [5.74, 6) is 1.54. The molecule has 194 valence electrons. The quantitative estimate of drug-likeness (QED) is 0.246. The summed E-state index contributed by atoms with van der Waals surface area (Å²) in [5.41, 5.74) is 2.68. The summed E-state index contributed by atoms with van der Waals surface area (Å²) < 4.78 is 14.5. The minimum Gasteiger partial charge on any atom is -0.353 e. The Bertz CT molecular complexity index is 1370. The first kappa shape index (κ1) is 27.0. The van der Waals surface area contributed by atoms with Gasteiger partial charge < -0.3 is 15.5 Å². The molecule has 1 aliphatic rings. The fourth-order valence-electron chi connectivity index (χ4n) is 4.12. The zero-order valence-corrected chi connectivity index (χ0v) is 22.7. The van der Waals surface area contributed by atoms with Crippen LogP contribution in [0, 0.1) is 0 Å². The highest BCUT2D eigenvalue weighted by molar-refractivity contribution is 6.34. The molecule has 4 rings (SSSR count). The Morgan fingerprint density at radius 3 is 2.76 bits per heavy atom. The summed E-state index contributed by atoms with van der Waals surface area (Å²) in [6.07, 6.45) is 6.99. The molecule has 3 aromatic rings. The number of piperazine rings is 1. The van der Waals surface area contributed by atoms with Gasteiger partial charge in [0.1, 0.15) is 23.0 Å². The van der Waals surface area contributed by atoms with E-state index in [0.717, 1.165) is 49.4 Å². The van der Waals surface area contributed by atoms with E-state index in [1.54, 1.807) is 19.2 Å². The summed E-state index contributed by atoms with van der Waals surface area (Å²) in [6.45, 7) is 12.8. The maximum atomic E-state index is 14.5. The van der Waals surface area contributed by atoms with Crippen LogP contribution in [0.3, 0.4) is 0 Å². The molecule has 0 radical (unpaired) electrons. The van der Waals surface area contributed by atoms with E-state index in [1.165, 1.54) is 12.2 Å². The highest BCUT2D eigenvalue weighted by Gasteiger charge is 2.23. The zero-order chi connectivity index (χ0) is 26.5. The minimum atomic E-state index is -0.518. The second kappa shape index (κ2) is 12.0. The number of nitrogens with one attached hydrogen (secondary N) is 2. The lowest BCUT2D eigenvalue weighted by Gasteiger charge is -2.30. The summed E-state index contributed by atoms with van der Waals surface area (Å²) in [6, 6.07) is 3.59. The van der Waals surface area contributed by atoms with E-state index < -0.39 is 5.83 Å². The molecule has 4 heterocycles. The third-order valence-corrected chi connectivity index (χ3v) is 6.94. The van der Waals surface area contributed by atoms with E-state index in [9.17, 15) is 4.39 Å². The molecule has 0 aromatic carbocycles. The lowest BCUT2D eigenvalue weighted by molar-refractivity contribution is 0.586. The number of hydrogen-bond acceptors (Lipinski definition) is 7. The Hall–Kier alpha value is -3.07. The largest absolute Gasteiger partial charge is 0.353 e. The number of halogens is 3. The number of pyridine rings is 2. The van der Waals surface area contributed by atoms with Gasteiger partial charge in [0.2, 0.25) is 0 Å². The minimum absolute atomic E-state index is 0.201. The molecule has 1 atom stereocenters. The van der Waals surface area contributed by atoms with Crippen LogP contribution in [0.1, 0.15) is 38.7 Å². The van der Waals surface area contributed by atoms with Crippen molar-refractivity contribution in [2.45, 2.75) is 33.1 Å². The van der Waals surface area contributed by atoms with E-state index in [0.29, 0.717) is 27.9 Å². The fraction of sp³-hybridized carbons (Fsp3) is 0.333. The number of aromatic nitrogens is 4. The summed E-state index contributed by atoms with van der Waals surface area (Å²) in [7, 11) is 0. The molecule has 0 aliphatic carbocycles. The molecular formula is C27H30Cl2FN7. The van der Waals surface area contributed by atoms with Gasteiger partial charge >= 0.3 is 0 Å². The molecule has 0 spiro atoms. The van der Waals surface area contributed by atoms with E-state index >= 15 is 0 Å². The first-order valence-electron chi connectivity index (χ1n) is 12.2. The smallest absolute Gasteiger partial charge is 0.162 e. The molecule has 1 saturated heterocycles. The second-order valence-electron chi connectivity index (χ2n) is 8.91. The fourth-order valence-corrected chi connectivity index (χ4v) is 4.40. The van der Waals surface area contributed by atoms with Crippen LogP contribution in [0.5, 0.6) is 0 Å². The molecule has 0 amide bonds. The number of allylic oxidation sites excluding steroid dienone is 5. The van der Waals surface area contributed by atoms with E-state index in [4.69, 9.17) is 33.2 Å². The van der Waals surface area contributed by atoms with Crippen LogP contribution < -0.4 is 15.5 Å². The van der Waals surface area contributed by atoms with Crippen molar-refractivity contribution in [2.24, 2.45) is 0 Å². The van der Waals surface area contributed by atoms with Crippen molar-refractivity contribution in [2.75, 3.05) is 36.4 Å². The first-order valence-corrected chi connectivity index (χ1v) is 13.0. The number of rotatable bonds is 8. The molecule has 2 N–H and O–H groups in total. The monoisotopic (exact) mass is 541 g/mol. The van der Waals surface area contributed by atoms with Gasteiger partial charge in [0.05, 0.1) is 5.39 Å². The highest BCUT2D eigenvalue weighted by Crippen LogP contribution is 2.37. The Kier molecular flexibility index (Phi) is 8.74. The summed E-state index contributed by atoms with van der Waals surface area (Å²) in [5, 5.41) is 7.86. The van der Waals surface area contributed by atoms with Crippen LogP contribution >= 0.6 is 23.2 Å². The normalized spacial score (nSPS) is 15.9. The van der Waals surface area contributed by atoms with E-state index in [-0.39, 0.29) is 16.6 Å². The highest BCUT2D eigenvalue weighted by atomic mass is 35.5. The van der Waals surface area contributed by atoms with Crippen molar-refractivity contribution in [3.63, 3.8) is 0 Å². The van der Waals surface area contributed by atoms with Gasteiger partial charge in [-0.15, -0.1) is 0 Å². The van der Waals surface area contributed by atoms with Crippen LogP contribution in [0.15, 0.2) is 59.8 Å². The molecule has 37 heavy (non-hydrogen) atoms. The third kappa shape index (κ3) is 6.09. The molecule has 1 aliphatic heterocycles. The average molecular weight is 542 g/mol. The van der Waals surface area contributed by atoms with Gasteiger partial charge in [0, 0.05) is 54.9 Å². The van der Waals surface area contributed by atoms with Crippen LogP contribution in [0.4, 0.5) is 16.0 Å². The molecule has 0 bridgehead atoms. The Labute approximate surface area is 226 Å². The number of nitrogens with zero attached hydrogens (tertiary/aromatic N) is 5. The maximum absolute atomic E-state index is 14.5. The molecular weight excluding hydrogens is 512 g/mol. The van der Waals surface area contributed by atoms with Gasteiger partial charge in [-0.3, -0.25) is 0 Å². The van der Waals surface area contributed by atoms with Gasteiger partial charge in [-0.25, -0.2) is 24.3 Å². The molecule has 1 fully saturated rings. The molecule has 0 saturated carbocycles.